The molecular weight excluding hydrogens is 182 g/mol. The molecule has 0 fully saturated rings. The summed E-state index contributed by atoms with van der Waals surface area (Å²) in [6, 6.07) is 0.0741. The molecule has 0 aromatic rings. The first-order valence-corrected chi connectivity index (χ1v) is 6.25. The summed E-state index contributed by atoms with van der Waals surface area (Å²) in [5.74, 6) is 1.09. The minimum atomic E-state index is -0.815. The maximum absolute atomic E-state index is 11.7. The molecule has 3 atom stereocenters. The van der Waals surface area contributed by atoms with Crippen LogP contribution in [0.3, 0.4) is 0 Å². The zero-order valence-electron chi connectivity index (χ0n) is 9.46. The predicted molar refractivity (Wildman–Crippen MR) is 60.2 cm³/mol. The summed E-state index contributed by atoms with van der Waals surface area (Å²) in [6.45, 7) is 10.2. The zero-order chi connectivity index (χ0) is 10.6. The van der Waals surface area contributed by atoms with Gasteiger partial charge in [-0.15, -0.1) is 0 Å². The number of hydrogen-bond acceptors (Lipinski definition) is 2. The third-order valence-electron chi connectivity index (χ3n) is 2.40. The van der Waals surface area contributed by atoms with E-state index in [1.807, 2.05) is 20.8 Å². The Morgan fingerprint density at radius 3 is 2.15 bits per heavy atom. The summed E-state index contributed by atoms with van der Waals surface area (Å²) in [4.78, 5) is 0. The van der Waals surface area contributed by atoms with Gasteiger partial charge in [0.05, 0.1) is 0 Å². The van der Waals surface area contributed by atoms with Gasteiger partial charge in [-0.05, 0) is 26.7 Å². The van der Waals surface area contributed by atoms with Crippen LogP contribution in [-0.4, -0.2) is 20.8 Å². The standard InChI is InChI=1S/C10H23NOS/c1-6-8(2)9(11)7-13(12)10(3,4)5/h8-9H,6-7,11H2,1-5H3. The summed E-state index contributed by atoms with van der Waals surface area (Å²) in [5, 5.41) is 0. The second kappa shape index (κ2) is 5.11. The normalized spacial score (nSPS) is 19.5. The highest BCUT2D eigenvalue weighted by Crippen LogP contribution is 2.15. The lowest BCUT2D eigenvalue weighted by atomic mass is 10.0. The summed E-state index contributed by atoms with van der Waals surface area (Å²) < 4.78 is 11.6. The van der Waals surface area contributed by atoms with Crippen molar-refractivity contribution in [3.63, 3.8) is 0 Å². The molecule has 0 amide bonds. The number of nitrogens with two attached hydrogens (primary N) is 1. The molecule has 3 heteroatoms. The van der Waals surface area contributed by atoms with E-state index in [1.165, 1.54) is 0 Å². The minimum absolute atomic E-state index is 0.0741. The fraction of sp³-hybridized carbons (Fsp3) is 1.00. The van der Waals surface area contributed by atoms with E-state index in [4.69, 9.17) is 5.73 Å². The largest absolute Gasteiger partial charge is 0.327 e. The monoisotopic (exact) mass is 205 g/mol. The third kappa shape index (κ3) is 4.77. The van der Waals surface area contributed by atoms with Crippen molar-refractivity contribution in [2.45, 2.75) is 51.8 Å². The molecule has 0 aliphatic heterocycles. The average Bonchev–Trinajstić information content (AvgIpc) is 2.01. The predicted octanol–water partition coefficient (Wildman–Crippen LogP) is 1.91. The molecule has 0 bridgehead atoms. The maximum atomic E-state index is 11.7. The van der Waals surface area contributed by atoms with Crippen molar-refractivity contribution >= 4 is 10.8 Å². The van der Waals surface area contributed by atoms with Gasteiger partial charge in [0, 0.05) is 27.3 Å². The fourth-order valence-corrected chi connectivity index (χ4v) is 2.07. The minimum Gasteiger partial charge on any atom is -0.327 e. The quantitative estimate of drug-likeness (QED) is 0.762. The van der Waals surface area contributed by atoms with Gasteiger partial charge in [0.1, 0.15) is 0 Å². The van der Waals surface area contributed by atoms with Crippen LogP contribution in [0, 0.1) is 5.92 Å². The van der Waals surface area contributed by atoms with Gasteiger partial charge in [0.25, 0.3) is 0 Å². The highest BCUT2D eigenvalue weighted by molar-refractivity contribution is 7.86. The maximum Gasteiger partial charge on any atom is 0.0394 e. The molecule has 13 heavy (non-hydrogen) atoms. The zero-order valence-corrected chi connectivity index (χ0v) is 10.3. The summed E-state index contributed by atoms with van der Waals surface area (Å²) in [5.41, 5.74) is 5.93. The number of hydrogen-bond donors (Lipinski definition) is 1. The van der Waals surface area contributed by atoms with Gasteiger partial charge in [0.2, 0.25) is 0 Å². The van der Waals surface area contributed by atoms with Gasteiger partial charge >= 0.3 is 0 Å². The van der Waals surface area contributed by atoms with E-state index in [-0.39, 0.29) is 10.8 Å². The van der Waals surface area contributed by atoms with Crippen LogP contribution < -0.4 is 5.73 Å². The van der Waals surface area contributed by atoms with Crippen molar-refractivity contribution in [3.05, 3.63) is 0 Å². The van der Waals surface area contributed by atoms with Crippen molar-refractivity contribution in [2.75, 3.05) is 5.75 Å². The van der Waals surface area contributed by atoms with Gasteiger partial charge in [0.15, 0.2) is 0 Å². The van der Waals surface area contributed by atoms with Gasteiger partial charge in [-0.3, -0.25) is 4.21 Å². The molecule has 2 N–H and O–H groups in total. The first kappa shape index (κ1) is 13.1. The van der Waals surface area contributed by atoms with Gasteiger partial charge in [-0.2, -0.15) is 0 Å². The average molecular weight is 205 g/mol. The molecule has 0 aromatic heterocycles. The van der Waals surface area contributed by atoms with Crippen LogP contribution in [0.1, 0.15) is 41.0 Å². The second-order valence-electron chi connectivity index (χ2n) is 4.67. The van der Waals surface area contributed by atoms with Crippen molar-refractivity contribution < 1.29 is 4.21 Å². The van der Waals surface area contributed by atoms with E-state index in [1.54, 1.807) is 0 Å². The molecule has 0 aliphatic carbocycles. The van der Waals surface area contributed by atoms with Gasteiger partial charge in [-0.1, -0.05) is 20.3 Å². The van der Waals surface area contributed by atoms with E-state index in [2.05, 4.69) is 13.8 Å². The number of rotatable bonds is 4. The molecule has 2 nitrogen and oxygen atoms in total. The van der Waals surface area contributed by atoms with Crippen molar-refractivity contribution in [1.82, 2.24) is 0 Å². The Bertz CT molecular complexity index is 174. The fourth-order valence-electron chi connectivity index (χ4n) is 0.892. The topological polar surface area (TPSA) is 43.1 Å². The first-order valence-electron chi connectivity index (χ1n) is 4.93. The molecule has 0 aromatic carbocycles. The van der Waals surface area contributed by atoms with Crippen LogP contribution in [0.5, 0.6) is 0 Å². The van der Waals surface area contributed by atoms with Crippen LogP contribution in [0.2, 0.25) is 0 Å². The molecule has 0 spiro atoms. The van der Waals surface area contributed by atoms with E-state index >= 15 is 0 Å². The molecule has 80 valence electrons. The molecule has 0 rings (SSSR count). The summed E-state index contributed by atoms with van der Waals surface area (Å²) in [6.07, 6.45) is 1.06. The summed E-state index contributed by atoms with van der Waals surface area (Å²) >= 11 is 0. The SMILES string of the molecule is CCC(C)C(N)CS(=O)C(C)(C)C. The van der Waals surface area contributed by atoms with Crippen molar-refractivity contribution in [2.24, 2.45) is 11.7 Å². The molecule has 0 saturated carbocycles. The van der Waals surface area contributed by atoms with E-state index in [9.17, 15) is 4.21 Å². The molecule has 0 radical (unpaired) electrons. The van der Waals surface area contributed by atoms with E-state index < -0.39 is 10.8 Å². The Balaban J connectivity index is 4.07. The van der Waals surface area contributed by atoms with Gasteiger partial charge in [-0.25, -0.2) is 0 Å². The van der Waals surface area contributed by atoms with Crippen LogP contribution in [0.25, 0.3) is 0 Å². The molecule has 0 aliphatic rings. The van der Waals surface area contributed by atoms with Crippen LogP contribution in [0.4, 0.5) is 0 Å². The van der Waals surface area contributed by atoms with E-state index in [0.29, 0.717) is 11.7 Å². The van der Waals surface area contributed by atoms with Crippen LogP contribution >= 0.6 is 0 Å². The molecule has 0 saturated heterocycles. The highest BCUT2D eigenvalue weighted by Gasteiger charge is 2.23. The smallest absolute Gasteiger partial charge is 0.0394 e. The Labute approximate surface area is 84.7 Å². The Kier molecular flexibility index (Phi) is 5.15. The highest BCUT2D eigenvalue weighted by atomic mass is 32.2. The first-order chi connectivity index (χ1) is 5.79. The Morgan fingerprint density at radius 1 is 1.38 bits per heavy atom. The lowest BCUT2D eigenvalue weighted by Crippen LogP contribution is -2.38. The second-order valence-corrected chi connectivity index (χ2v) is 6.92. The lowest BCUT2D eigenvalue weighted by molar-refractivity contribution is 0.470. The molecule has 0 heterocycles. The Morgan fingerprint density at radius 2 is 1.85 bits per heavy atom. The van der Waals surface area contributed by atoms with Crippen molar-refractivity contribution in [1.29, 1.82) is 0 Å². The third-order valence-corrected chi connectivity index (χ3v) is 4.46. The van der Waals surface area contributed by atoms with Crippen molar-refractivity contribution in [3.8, 4) is 0 Å². The van der Waals surface area contributed by atoms with Crippen LogP contribution in [-0.2, 0) is 10.8 Å². The van der Waals surface area contributed by atoms with E-state index in [0.717, 1.165) is 6.42 Å². The Hall–Kier alpha value is 0.110. The molecular formula is C10H23NOS. The molecule has 3 unspecified atom stereocenters. The lowest BCUT2D eigenvalue weighted by Gasteiger charge is -2.23. The summed E-state index contributed by atoms with van der Waals surface area (Å²) in [7, 11) is -0.815. The van der Waals surface area contributed by atoms with Crippen LogP contribution in [0.15, 0.2) is 0 Å². The van der Waals surface area contributed by atoms with Gasteiger partial charge < -0.3 is 5.73 Å².